The van der Waals surface area contributed by atoms with Crippen LogP contribution in [-0.2, 0) is 16.8 Å². The van der Waals surface area contributed by atoms with Crippen LogP contribution in [0.3, 0.4) is 0 Å². The zero-order valence-corrected chi connectivity index (χ0v) is 16.8. The predicted molar refractivity (Wildman–Crippen MR) is 108 cm³/mol. The molecule has 1 aromatic heterocycles. The molecule has 140 valence electrons. The molecule has 0 aliphatic carbocycles. The molecule has 0 amide bonds. The molecule has 27 heavy (non-hydrogen) atoms. The van der Waals surface area contributed by atoms with Crippen LogP contribution in [0.25, 0.3) is 10.9 Å². The van der Waals surface area contributed by atoms with Gasteiger partial charge in [0.1, 0.15) is 5.75 Å². The summed E-state index contributed by atoms with van der Waals surface area (Å²) in [6.45, 7) is 7.43. The monoisotopic (exact) mass is 382 g/mol. The third-order valence-electron chi connectivity index (χ3n) is 4.98. The minimum atomic E-state index is -0.337. The maximum atomic E-state index is 9.22. The van der Waals surface area contributed by atoms with E-state index in [2.05, 4.69) is 24.9 Å². The van der Waals surface area contributed by atoms with E-state index in [-0.39, 0.29) is 5.41 Å². The van der Waals surface area contributed by atoms with E-state index in [0.29, 0.717) is 29.5 Å². The lowest BCUT2D eigenvalue weighted by atomic mass is 9.79. The van der Waals surface area contributed by atoms with Gasteiger partial charge in [-0.2, -0.15) is 5.26 Å². The maximum absolute atomic E-state index is 9.22. The Bertz CT molecular complexity index is 1020. The standard InChI is InChI=1S/C22H23ClN2O2/c1-5-27-13-17-16-8-6-14(12-24)10-19(16)25-21(17)22(2,3)15-7-9-18(23)20(11-15)26-4/h6-11,25H,5,13H2,1-4H3. The van der Waals surface area contributed by atoms with E-state index < -0.39 is 0 Å². The molecule has 0 radical (unpaired) electrons. The number of nitrogens with zero attached hydrogens (tertiary/aromatic N) is 1. The highest BCUT2D eigenvalue weighted by atomic mass is 35.5. The normalized spacial score (nSPS) is 11.6. The Labute approximate surface area is 164 Å². The highest BCUT2D eigenvalue weighted by Gasteiger charge is 2.30. The molecule has 4 nitrogen and oxygen atoms in total. The van der Waals surface area contributed by atoms with Crippen molar-refractivity contribution in [2.24, 2.45) is 0 Å². The first-order valence-electron chi connectivity index (χ1n) is 8.89. The highest BCUT2D eigenvalue weighted by molar-refractivity contribution is 6.32. The molecule has 0 atom stereocenters. The van der Waals surface area contributed by atoms with Crippen LogP contribution in [0.2, 0.25) is 5.02 Å². The molecule has 0 unspecified atom stereocenters. The van der Waals surface area contributed by atoms with Gasteiger partial charge < -0.3 is 14.5 Å². The van der Waals surface area contributed by atoms with Crippen molar-refractivity contribution in [1.82, 2.24) is 4.98 Å². The summed E-state index contributed by atoms with van der Waals surface area (Å²) in [6.07, 6.45) is 0. The van der Waals surface area contributed by atoms with Crippen molar-refractivity contribution in [3.8, 4) is 11.8 Å². The largest absolute Gasteiger partial charge is 0.495 e. The Morgan fingerprint density at radius 2 is 1.96 bits per heavy atom. The van der Waals surface area contributed by atoms with Gasteiger partial charge in [-0.3, -0.25) is 0 Å². The summed E-state index contributed by atoms with van der Waals surface area (Å²) in [5, 5.41) is 10.9. The topological polar surface area (TPSA) is 58.0 Å². The van der Waals surface area contributed by atoms with Gasteiger partial charge >= 0.3 is 0 Å². The van der Waals surface area contributed by atoms with E-state index in [4.69, 9.17) is 21.1 Å². The Morgan fingerprint density at radius 3 is 2.63 bits per heavy atom. The van der Waals surface area contributed by atoms with Crippen molar-refractivity contribution in [2.75, 3.05) is 13.7 Å². The van der Waals surface area contributed by atoms with Gasteiger partial charge in [0.2, 0.25) is 0 Å². The fraction of sp³-hybridized carbons (Fsp3) is 0.318. The number of fused-ring (bicyclic) bond motifs is 1. The van der Waals surface area contributed by atoms with Crippen molar-refractivity contribution < 1.29 is 9.47 Å². The van der Waals surface area contributed by atoms with Gasteiger partial charge in [-0.1, -0.05) is 37.6 Å². The zero-order valence-electron chi connectivity index (χ0n) is 16.0. The van der Waals surface area contributed by atoms with Crippen LogP contribution in [0.15, 0.2) is 36.4 Å². The summed E-state index contributed by atoms with van der Waals surface area (Å²) in [5.74, 6) is 0.650. The number of rotatable bonds is 6. The Hall–Kier alpha value is -2.48. The molecule has 0 saturated heterocycles. The van der Waals surface area contributed by atoms with Crippen LogP contribution in [0.5, 0.6) is 5.75 Å². The molecule has 0 aliphatic rings. The van der Waals surface area contributed by atoms with Gasteiger partial charge in [0.05, 0.1) is 30.4 Å². The molecule has 0 bridgehead atoms. The van der Waals surface area contributed by atoms with Crippen molar-refractivity contribution in [3.05, 3.63) is 63.8 Å². The number of halogens is 1. The number of methoxy groups -OCH3 is 1. The first-order chi connectivity index (χ1) is 12.9. The van der Waals surface area contributed by atoms with Crippen molar-refractivity contribution in [2.45, 2.75) is 32.8 Å². The van der Waals surface area contributed by atoms with Crippen LogP contribution >= 0.6 is 11.6 Å². The minimum absolute atomic E-state index is 0.337. The Morgan fingerprint density at radius 1 is 1.19 bits per heavy atom. The summed E-state index contributed by atoms with van der Waals surface area (Å²) >= 11 is 6.21. The van der Waals surface area contributed by atoms with Gasteiger partial charge in [-0.05, 0) is 36.8 Å². The Balaban J connectivity index is 2.19. The second-order valence-corrected chi connectivity index (χ2v) is 7.37. The predicted octanol–water partition coefficient (Wildman–Crippen LogP) is 5.56. The van der Waals surface area contributed by atoms with E-state index in [1.807, 2.05) is 43.3 Å². The molecule has 0 fully saturated rings. The lowest BCUT2D eigenvalue weighted by Gasteiger charge is -2.27. The van der Waals surface area contributed by atoms with Crippen LogP contribution in [0, 0.1) is 11.3 Å². The Kier molecular flexibility index (Phi) is 5.46. The van der Waals surface area contributed by atoms with E-state index >= 15 is 0 Å². The number of ether oxygens (including phenoxy) is 2. The first-order valence-corrected chi connectivity index (χ1v) is 9.27. The second kappa shape index (κ2) is 7.64. The number of nitriles is 1. The molecule has 5 heteroatoms. The van der Waals surface area contributed by atoms with E-state index in [1.54, 1.807) is 7.11 Å². The molecule has 2 aromatic carbocycles. The summed E-state index contributed by atoms with van der Waals surface area (Å²) in [4.78, 5) is 3.53. The number of hydrogen-bond donors (Lipinski definition) is 1. The number of hydrogen-bond acceptors (Lipinski definition) is 3. The number of aromatic amines is 1. The average Bonchev–Trinajstić information content (AvgIpc) is 3.04. The molecule has 0 saturated carbocycles. The summed E-state index contributed by atoms with van der Waals surface area (Å²) in [6, 6.07) is 13.8. The van der Waals surface area contributed by atoms with Crippen molar-refractivity contribution in [3.63, 3.8) is 0 Å². The van der Waals surface area contributed by atoms with E-state index in [0.717, 1.165) is 27.7 Å². The van der Waals surface area contributed by atoms with Gasteiger partial charge in [-0.25, -0.2) is 0 Å². The van der Waals surface area contributed by atoms with Crippen molar-refractivity contribution in [1.29, 1.82) is 5.26 Å². The fourth-order valence-corrected chi connectivity index (χ4v) is 3.60. The molecule has 1 heterocycles. The number of H-pyrrole nitrogens is 1. The minimum Gasteiger partial charge on any atom is -0.495 e. The molecule has 3 aromatic rings. The summed E-state index contributed by atoms with van der Waals surface area (Å²) < 4.78 is 11.1. The van der Waals surface area contributed by atoms with Gasteiger partial charge in [0, 0.05) is 34.2 Å². The number of benzene rings is 2. The molecular weight excluding hydrogens is 360 g/mol. The van der Waals surface area contributed by atoms with Crippen LogP contribution in [0.1, 0.15) is 43.2 Å². The zero-order chi connectivity index (χ0) is 19.6. The van der Waals surface area contributed by atoms with Gasteiger partial charge in [0.25, 0.3) is 0 Å². The molecule has 1 N–H and O–H groups in total. The highest BCUT2D eigenvalue weighted by Crippen LogP contribution is 2.39. The van der Waals surface area contributed by atoms with Gasteiger partial charge in [-0.15, -0.1) is 0 Å². The van der Waals surface area contributed by atoms with Gasteiger partial charge in [0.15, 0.2) is 0 Å². The van der Waals surface area contributed by atoms with Crippen LogP contribution < -0.4 is 4.74 Å². The summed E-state index contributed by atoms with van der Waals surface area (Å²) in [5.41, 5.74) is 4.47. The van der Waals surface area contributed by atoms with Crippen LogP contribution in [-0.4, -0.2) is 18.7 Å². The quantitative estimate of drug-likeness (QED) is 0.606. The fourth-order valence-electron chi connectivity index (χ4n) is 3.41. The van der Waals surface area contributed by atoms with Crippen molar-refractivity contribution >= 4 is 22.5 Å². The lowest BCUT2D eigenvalue weighted by Crippen LogP contribution is -2.21. The molecule has 0 spiro atoms. The third-order valence-corrected chi connectivity index (χ3v) is 5.30. The lowest BCUT2D eigenvalue weighted by molar-refractivity contribution is 0.134. The van der Waals surface area contributed by atoms with E-state index in [1.165, 1.54) is 0 Å². The van der Waals surface area contributed by atoms with E-state index in [9.17, 15) is 5.26 Å². The number of aromatic nitrogens is 1. The smallest absolute Gasteiger partial charge is 0.137 e. The molecular formula is C22H23ClN2O2. The second-order valence-electron chi connectivity index (χ2n) is 6.96. The first kappa shape index (κ1) is 19.3. The third kappa shape index (κ3) is 3.53. The molecule has 3 rings (SSSR count). The average molecular weight is 383 g/mol. The van der Waals surface area contributed by atoms with Crippen LogP contribution in [0.4, 0.5) is 0 Å². The summed E-state index contributed by atoms with van der Waals surface area (Å²) in [7, 11) is 1.62. The maximum Gasteiger partial charge on any atom is 0.137 e. The molecule has 0 aliphatic heterocycles. The SMILES string of the molecule is CCOCc1c(C(C)(C)c2ccc(Cl)c(OC)c2)[nH]c2cc(C#N)ccc12. The number of nitrogens with one attached hydrogen (secondary N) is 1.